The van der Waals surface area contributed by atoms with Gasteiger partial charge >= 0.3 is 5.97 Å². The van der Waals surface area contributed by atoms with E-state index in [4.69, 9.17) is 9.47 Å². The Morgan fingerprint density at radius 3 is 2.36 bits per heavy atom. The molecule has 0 aliphatic rings. The van der Waals surface area contributed by atoms with Gasteiger partial charge in [-0.15, -0.1) is 0 Å². The van der Waals surface area contributed by atoms with Gasteiger partial charge in [-0.2, -0.15) is 0 Å². The van der Waals surface area contributed by atoms with Crippen molar-refractivity contribution in [3.63, 3.8) is 0 Å². The summed E-state index contributed by atoms with van der Waals surface area (Å²) in [6.45, 7) is 12.3. The van der Waals surface area contributed by atoms with Gasteiger partial charge in [-0.25, -0.2) is 4.98 Å². The van der Waals surface area contributed by atoms with Crippen LogP contribution in [0.5, 0.6) is 5.88 Å². The Hall–Kier alpha value is -1.65. The summed E-state index contributed by atoms with van der Waals surface area (Å²) in [5.41, 5.74) is 1.84. The van der Waals surface area contributed by atoms with Crippen molar-refractivity contribution in [3.05, 3.63) is 17.6 Å². The van der Waals surface area contributed by atoms with Crippen molar-refractivity contribution in [2.24, 2.45) is 11.8 Å². The third-order valence-corrected chi connectivity index (χ3v) is 2.69. The van der Waals surface area contributed by atoms with E-state index in [-0.39, 0.29) is 11.9 Å². The standard InChI is InChI=1S/C9H14N2O.C8H16O2/c1-4-5-8-6-10-7(2)9(11-8)12-3;1-6(2)5-10-8(9)7(3)4/h6H,4-5H2,1-3H3;6-7H,5H2,1-4H3. The highest BCUT2D eigenvalue weighted by Gasteiger charge is 2.08. The maximum Gasteiger partial charge on any atom is 0.308 e. The van der Waals surface area contributed by atoms with Gasteiger partial charge in [-0.1, -0.05) is 41.0 Å². The first kappa shape index (κ1) is 20.3. The van der Waals surface area contributed by atoms with Gasteiger partial charge in [-0.3, -0.25) is 9.78 Å². The quantitative estimate of drug-likeness (QED) is 0.751. The van der Waals surface area contributed by atoms with Crippen LogP contribution < -0.4 is 4.74 Å². The molecule has 0 saturated carbocycles. The number of carbonyl (C=O) groups is 1. The van der Waals surface area contributed by atoms with Gasteiger partial charge in [0.1, 0.15) is 0 Å². The Bertz CT molecular complexity index is 446. The molecule has 0 spiro atoms. The molecule has 0 saturated heterocycles. The molecule has 0 bridgehead atoms. The molecule has 22 heavy (non-hydrogen) atoms. The Balaban J connectivity index is 0.000000409. The summed E-state index contributed by atoms with van der Waals surface area (Å²) in [4.78, 5) is 19.3. The molecular formula is C17H30N2O3. The largest absolute Gasteiger partial charge is 0.480 e. The second-order valence-electron chi connectivity index (χ2n) is 5.88. The summed E-state index contributed by atoms with van der Waals surface area (Å²) in [6, 6.07) is 0. The third kappa shape index (κ3) is 8.60. The molecular weight excluding hydrogens is 280 g/mol. The molecule has 0 radical (unpaired) electrons. The van der Waals surface area contributed by atoms with Crippen molar-refractivity contribution in [1.29, 1.82) is 0 Å². The highest BCUT2D eigenvalue weighted by molar-refractivity contribution is 5.71. The zero-order valence-corrected chi connectivity index (χ0v) is 15.0. The first-order valence-corrected chi connectivity index (χ1v) is 7.84. The Labute approximate surface area is 134 Å². The van der Waals surface area contributed by atoms with Crippen LogP contribution in [0.2, 0.25) is 0 Å². The number of nitrogens with zero attached hydrogens (tertiary/aromatic N) is 2. The van der Waals surface area contributed by atoms with Gasteiger partial charge in [0.05, 0.1) is 31.0 Å². The summed E-state index contributed by atoms with van der Waals surface area (Å²) in [7, 11) is 1.62. The fraction of sp³-hybridized carbons (Fsp3) is 0.706. The van der Waals surface area contributed by atoms with Crippen LogP contribution in [0.1, 0.15) is 52.4 Å². The minimum atomic E-state index is -0.103. The smallest absolute Gasteiger partial charge is 0.308 e. The Kier molecular flexibility index (Phi) is 10.2. The van der Waals surface area contributed by atoms with Gasteiger partial charge < -0.3 is 9.47 Å². The molecule has 5 nitrogen and oxygen atoms in total. The summed E-state index contributed by atoms with van der Waals surface area (Å²) in [6.07, 6.45) is 3.85. The number of rotatable bonds is 6. The van der Waals surface area contributed by atoms with E-state index in [0.717, 1.165) is 24.2 Å². The molecule has 126 valence electrons. The molecule has 0 aromatic carbocycles. The molecule has 0 unspecified atom stereocenters. The first-order chi connectivity index (χ1) is 10.3. The predicted molar refractivity (Wildman–Crippen MR) is 88.0 cm³/mol. The van der Waals surface area contributed by atoms with Crippen LogP contribution in [0.15, 0.2) is 6.20 Å². The van der Waals surface area contributed by atoms with E-state index >= 15 is 0 Å². The average molecular weight is 310 g/mol. The Morgan fingerprint density at radius 2 is 1.91 bits per heavy atom. The molecule has 0 aliphatic heterocycles. The molecule has 5 heteroatoms. The zero-order valence-electron chi connectivity index (χ0n) is 15.0. The molecule has 1 aromatic rings. The maximum absolute atomic E-state index is 10.8. The van der Waals surface area contributed by atoms with Crippen molar-refractivity contribution >= 4 is 5.97 Å². The maximum atomic E-state index is 10.8. The average Bonchev–Trinajstić information content (AvgIpc) is 2.47. The minimum Gasteiger partial charge on any atom is -0.480 e. The second kappa shape index (κ2) is 11.0. The number of hydrogen-bond acceptors (Lipinski definition) is 5. The van der Waals surface area contributed by atoms with E-state index in [1.165, 1.54) is 0 Å². The fourth-order valence-corrected chi connectivity index (χ4v) is 1.45. The molecule has 0 aliphatic carbocycles. The Morgan fingerprint density at radius 1 is 1.27 bits per heavy atom. The molecule has 0 fully saturated rings. The van der Waals surface area contributed by atoms with Crippen LogP contribution >= 0.6 is 0 Å². The van der Waals surface area contributed by atoms with Gasteiger partial charge in [0.2, 0.25) is 5.88 Å². The number of aromatic nitrogens is 2. The fourth-order valence-electron chi connectivity index (χ4n) is 1.45. The SMILES string of the molecule is CC(C)COC(=O)C(C)C.CCCc1cnc(C)c(OC)n1. The van der Waals surface area contributed by atoms with E-state index < -0.39 is 0 Å². The number of esters is 1. The van der Waals surface area contributed by atoms with Gasteiger partial charge in [0.25, 0.3) is 0 Å². The van der Waals surface area contributed by atoms with Crippen LogP contribution in [-0.4, -0.2) is 29.7 Å². The summed E-state index contributed by atoms with van der Waals surface area (Å²) in [5, 5.41) is 0. The highest BCUT2D eigenvalue weighted by atomic mass is 16.5. The summed E-state index contributed by atoms with van der Waals surface area (Å²) < 4.78 is 9.98. The van der Waals surface area contributed by atoms with E-state index in [0.29, 0.717) is 18.4 Å². The van der Waals surface area contributed by atoms with E-state index in [1.807, 2.05) is 34.6 Å². The van der Waals surface area contributed by atoms with E-state index in [9.17, 15) is 4.79 Å². The lowest BCUT2D eigenvalue weighted by Crippen LogP contribution is -2.14. The van der Waals surface area contributed by atoms with Gasteiger partial charge in [0.15, 0.2) is 0 Å². The van der Waals surface area contributed by atoms with Crippen molar-refractivity contribution in [2.75, 3.05) is 13.7 Å². The lowest BCUT2D eigenvalue weighted by Gasteiger charge is -2.08. The molecule has 0 atom stereocenters. The molecule has 0 N–H and O–H groups in total. The normalized spacial score (nSPS) is 10.2. The summed E-state index contributed by atoms with van der Waals surface area (Å²) in [5.74, 6) is 0.969. The van der Waals surface area contributed by atoms with Crippen molar-refractivity contribution in [3.8, 4) is 5.88 Å². The van der Waals surface area contributed by atoms with Crippen molar-refractivity contribution < 1.29 is 14.3 Å². The molecule has 1 aromatic heterocycles. The van der Waals surface area contributed by atoms with E-state index in [1.54, 1.807) is 13.3 Å². The van der Waals surface area contributed by atoms with Crippen LogP contribution in [0.25, 0.3) is 0 Å². The van der Waals surface area contributed by atoms with Gasteiger partial charge in [-0.05, 0) is 19.3 Å². The number of methoxy groups -OCH3 is 1. The number of hydrogen-bond donors (Lipinski definition) is 0. The molecule has 1 rings (SSSR count). The number of aryl methyl sites for hydroxylation is 2. The van der Waals surface area contributed by atoms with Crippen LogP contribution in [0.4, 0.5) is 0 Å². The lowest BCUT2D eigenvalue weighted by molar-refractivity contribution is -0.148. The van der Waals surface area contributed by atoms with Crippen molar-refractivity contribution in [2.45, 2.75) is 54.4 Å². The van der Waals surface area contributed by atoms with Crippen molar-refractivity contribution in [1.82, 2.24) is 9.97 Å². The van der Waals surface area contributed by atoms with Crippen LogP contribution in [-0.2, 0) is 16.0 Å². The molecule has 0 amide bonds. The van der Waals surface area contributed by atoms with E-state index in [2.05, 4.69) is 16.9 Å². The summed E-state index contributed by atoms with van der Waals surface area (Å²) >= 11 is 0. The van der Waals surface area contributed by atoms with Gasteiger partial charge in [0, 0.05) is 6.20 Å². The predicted octanol–water partition coefficient (Wildman–Crippen LogP) is 3.59. The first-order valence-electron chi connectivity index (χ1n) is 7.84. The monoisotopic (exact) mass is 310 g/mol. The third-order valence-electron chi connectivity index (χ3n) is 2.69. The highest BCUT2D eigenvalue weighted by Crippen LogP contribution is 2.11. The van der Waals surface area contributed by atoms with Crippen LogP contribution in [0, 0.1) is 18.8 Å². The zero-order chi connectivity index (χ0) is 17.1. The number of ether oxygens (including phenoxy) is 2. The minimum absolute atomic E-state index is 0.00116. The lowest BCUT2D eigenvalue weighted by atomic mass is 10.2. The second-order valence-corrected chi connectivity index (χ2v) is 5.88. The number of carbonyl (C=O) groups excluding carboxylic acids is 1. The molecule has 1 heterocycles. The topological polar surface area (TPSA) is 61.3 Å². The van der Waals surface area contributed by atoms with Crippen LogP contribution in [0.3, 0.4) is 0 Å².